The maximum absolute atomic E-state index is 13.1. The molecule has 0 amide bonds. The normalized spacial score (nSPS) is 25.4. The summed E-state index contributed by atoms with van der Waals surface area (Å²) in [6, 6.07) is 11.4. The highest BCUT2D eigenvalue weighted by atomic mass is 16.5. The van der Waals surface area contributed by atoms with Crippen LogP contribution < -0.4 is 9.47 Å². The molecular formula is C33H38N2O7. The third kappa shape index (κ3) is 5.00. The van der Waals surface area contributed by atoms with Gasteiger partial charge in [-0.25, -0.2) is 4.79 Å². The van der Waals surface area contributed by atoms with Gasteiger partial charge in [-0.1, -0.05) is 6.07 Å². The molecule has 222 valence electrons. The third-order valence-electron chi connectivity index (χ3n) is 9.54. The van der Waals surface area contributed by atoms with Crippen LogP contribution in [0.1, 0.15) is 42.1 Å². The van der Waals surface area contributed by atoms with Gasteiger partial charge in [0.25, 0.3) is 0 Å². The monoisotopic (exact) mass is 574 g/mol. The summed E-state index contributed by atoms with van der Waals surface area (Å²) in [6.07, 6.45) is 5.64. The van der Waals surface area contributed by atoms with Crippen LogP contribution in [0.2, 0.25) is 0 Å². The van der Waals surface area contributed by atoms with E-state index in [4.69, 9.17) is 18.9 Å². The van der Waals surface area contributed by atoms with Crippen LogP contribution in [-0.4, -0.2) is 67.0 Å². The Morgan fingerprint density at radius 1 is 1.02 bits per heavy atom. The van der Waals surface area contributed by atoms with E-state index < -0.39 is 5.97 Å². The van der Waals surface area contributed by atoms with Crippen LogP contribution in [0.15, 0.2) is 42.5 Å². The Labute approximate surface area is 245 Å². The Hall–Kier alpha value is -3.98. The number of rotatable bonds is 6. The zero-order valence-electron chi connectivity index (χ0n) is 24.5. The van der Waals surface area contributed by atoms with Crippen molar-refractivity contribution in [2.45, 2.75) is 37.8 Å². The second-order valence-electron chi connectivity index (χ2n) is 11.7. The molecule has 1 N–H and O–H groups in total. The van der Waals surface area contributed by atoms with Gasteiger partial charge in [-0.05, 0) is 79.0 Å². The summed E-state index contributed by atoms with van der Waals surface area (Å²) in [4.78, 5) is 28.5. The topological polar surface area (TPSA) is 99.5 Å². The minimum Gasteiger partial charge on any atom is -0.504 e. The van der Waals surface area contributed by atoms with Crippen LogP contribution in [-0.2, 0) is 32.5 Å². The fourth-order valence-corrected chi connectivity index (χ4v) is 7.60. The first-order valence-corrected chi connectivity index (χ1v) is 14.5. The van der Waals surface area contributed by atoms with E-state index in [1.807, 2.05) is 6.07 Å². The van der Waals surface area contributed by atoms with E-state index in [0.29, 0.717) is 24.2 Å². The third-order valence-corrected chi connectivity index (χ3v) is 9.54. The van der Waals surface area contributed by atoms with Gasteiger partial charge in [0.2, 0.25) is 0 Å². The fraction of sp³-hybridized carbons (Fsp3) is 0.455. The first kappa shape index (κ1) is 28.2. The van der Waals surface area contributed by atoms with Gasteiger partial charge in [-0.3, -0.25) is 9.69 Å². The molecule has 1 saturated carbocycles. The second-order valence-corrected chi connectivity index (χ2v) is 11.7. The number of esters is 2. The predicted molar refractivity (Wildman–Crippen MR) is 157 cm³/mol. The predicted octanol–water partition coefficient (Wildman–Crippen LogP) is 4.64. The first-order valence-electron chi connectivity index (χ1n) is 14.5. The van der Waals surface area contributed by atoms with Crippen LogP contribution in [0.4, 0.5) is 0 Å². The number of benzene rings is 2. The van der Waals surface area contributed by atoms with E-state index in [-0.39, 0.29) is 41.6 Å². The molecule has 2 aromatic carbocycles. The van der Waals surface area contributed by atoms with Crippen molar-refractivity contribution in [3.8, 4) is 17.2 Å². The average molecular weight is 575 g/mol. The molecule has 9 nitrogen and oxygen atoms in total. The highest BCUT2D eigenvalue weighted by Crippen LogP contribution is 2.50. The van der Waals surface area contributed by atoms with E-state index in [2.05, 4.69) is 28.6 Å². The van der Waals surface area contributed by atoms with E-state index in [1.54, 1.807) is 25.3 Å². The number of nitrogens with zero attached hydrogens (tertiary/aromatic N) is 2. The highest BCUT2D eigenvalue weighted by Gasteiger charge is 2.49. The molecule has 3 heterocycles. The molecular weight excluding hydrogens is 536 g/mol. The smallest absolute Gasteiger partial charge is 0.331 e. The Bertz CT molecular complexity index is 1540. The Balaban J connectivity index is 1.21. The van der Waals surface area contributed by atoms with Crippen molar-refractivity contribution < 1.29 is 33.6 Å². The number of aromatic hydroxyl groups is 1. The quantitative estimate of drug-likeness (QED) is 0.336. The molecule has 1 saturated heterocycles. The lowest BCUT2D eigenvalue weighted by Crippen LogP contribution is -2.52. The van der Waals surface area contributed by atoms with Gasteiger partial charge in [-0.2, -0.15) is 0 Å². The number of ether oxygens (including phenoxy) is 4. The van der Waals surface area contributed by atoms with Gasteiger partial charge in [0.05, 0.1) is 38.8 Å². The Kier molecular flexibility index (Phi) is 7.62. The first-order chi connectivity index (χ1) is 20.3. The molecule has 1 aliphatic carbocycles. The zero-order chi connectivity index (χ0) is 29.5. The van der Waals surface area contributed by atoms with Gasteiger partial charge >= 0.3 is 11.9 Å². The Morgan fingerprint density at radius 2 is 1.86 bits per heavy atom. The molecule has 6 rings (SSSR count). The zero-order valence-corrected chi connectivity index (χ0v) is 24.5. The highest BCUT2D eigenvalue weighted by molar-refractivity contribution is 5.88. The number of phenols is 1. The maximum Gasteiger partial charge on any atom is 0.331 e. The van der Waals surface area contributed by atoms with E-state index >= 15 is 0 Å². The van der Waals surface area contributed by atoms with Crippen LogP contribution in [0.5, 0.6) is 17.2 Å². The summed E-state index contributed by atoms with van der Waals surface area (Å²) in [5.74, 6) is 0.541. The molecule has 9 heteroatoms. The van der Waals surface area contributed by atoms with Gasteiger partial charge < -0.3 is 28.6 Å². The summed E-state index contributed by atoms with van der Waals surface area (Å²) in [6.45, 7) is 1.81. The number of aromatic nitrogens is 1. The summed E-state index contributed by atoms with van der Waals surface area (Å²) in [5, 5.41) is 11.1. The van der Waals surface area contributed by atoms with Crippen molar-refractivity contribution in [2.24, 2.45) is 24.8 Å². The number of fused-ring (bicyclic) bond motifs is 6. The van der Waals surface area contributed by atoms with Crippen molar-refractivity contribution in [1.82, 2.24) is 9.47 Å². The maximum atomic E-state index is 13.1. The lowest BCUT2D eigenvalue weighted by molar-refractivity contribution is -0.163. The van der Waals surface area contributed by atoms with Crippen LogP contribution in [0, 0.1) is 17.8 Å². The Morgan fingerprint density at radius 3 is 2.62 bits per heavy atom. The van der Waals surface area contributed by atoms with Crippen molar-refractivity contribution in [1.29, 1.82) is 0 Å². The van der Waals surface area contributed by atoms with Crippen molar-refractivity contribution in [3.63, 3.8) is 0 Å². The van der Waals surface area contributed by atoms with Crippen LogP contribution >= 0.6 is 0 Å². The fourth-order valence-electron chi connectivity index (χ4n) is 7.60. The largest absolute Gasteiger partial charge is 0.504 e. The molecule has 2 fully saturated rings. The second kappa shape index (κ2) is 11.4. The van der Waals surface area contributed by atoms with Crippen molar-refractivity contribution in [3.05, 3.63) is 59.3 Å². The lowest BCUT2D eigenvalue weighted by Gasteiger charge is -2.51. The minimum atomic E-state index is -0.462. The molecule has 1 aromatic heterocycles. The molecule has 0 unspecified atom stereocenters. The van der Waals surface area contributed by atoms with E-state index in [0.717, 1.165) is 31.7 Å². The summed E-state index contributed by atoms with van der Waals surface area (Å²) < 4.78 is 24.1. The number of piperidine rings is 1. The molecule has 0 bridgehead atoms. The summed E-state index contributed by atoms with van der Waals surface area (Å²) in [7, 11) is 6.73. The number of carbonyl (C=O) groups excluding carboxylic acids is 2. The van der Waals surface area contributed by atoms with Crippen LogP contribution in [0.3, 0.4) is 0 Å². The molecule has 0 spiro atoms. The van der Waals surface area contributed by atoms with Crippen molar-refractivity contribution in [2.75, 3.05) is 34.4 Å². The number of aryl methyl sites for hydroxylation is 1. The minimum absolute atomic E-state index is 0.0307. The summed E-state index contributed by atoms with van der Waals surface area (Å²) >= 11 is 0. The SMILES string of the molecule is COC(=O)[C@@H]1C[C@H](OC(=O)/C=C/c2ccc(O)c(OC)c2)C[C@@H]2CN3CCc4c(n(C)c5cc(OC)ccc45)[C@H]3C[C@@H]21. The molecule has 3 aromatic rings. The van der Waals surface area contributed by atoms with E-state index in [1.165, 1.54) is 48.5 Å². The van der Waals surface area contributed by atoms with E-state index in [9.17, 15) is 14.7 Å². The average Bonchev–Trinajstić information content (AvgIpc) is 3.29. The van der Waals surface area contributed by atoms with Gasteiger partial charge in [0, 0.05) is 43.4 Å². The number of phenolic OH excluding ortho intramolecular Hbond substituents is 1. The number of carbonyl (C=O) groups is 2. The molecule has 3 aliphatic rings. The summed E-state index contributed by atoms with van der Waals surface area (Å²) in [5.41, 5.74) is 4.59. The molecule has 42 heavy (non-hydrogen) atoms. The number of hydrogen-bond acceptors (Lipinski definition) is 8. The number of methoxy groups -OCH3 is 3. The lowest BCUT2D eigenvalue weighted by atomic mass is 9.65. The van der Waals surface area contributed by atoms with Gasteiger partial charge in [-0.15, -0.1) is 0 Å². The van der Waals surface area contributed by atoms with Gasteiger partial charge in [0.15, 0.2) is 11.5 Å². The number of hydrogen-bond donors (Lipinski definition) is 1. The van der Waals surface area contributed by atoms with Crippen LogP contribution in [0.25, 0.3) is 17.0 Å². The molecule has 5 atom stereocenters. The standard InChI is InChI=1S/C33H38N2O7/c1-34-27-16-21(39-2)7-8-23(27)24-11-12-35-18-20-14-22(15-26(33(38)41-4)25(20)17-28(35)32(24)34)42-31(37)10-6-19-5-9-29(36)30(13-19)40-3/h5-10,13,16,20,22,25-26,28,36H,11-12,14-15,17-18H2,1-4H3/b10-6+/t20-,22-,25+,26-,28-/m1/s1. The molecule has 2 aliphatic heterocycles. The van der Waals surface area contributed by atoms with Crippen molar-refractivity contribution >= 4 is 28.9 Å². The van der Waals surface area contributed by atoms with Gasteiger partial charge in [0.1, 0.15) is 11.9 Å². The molecule has 0 radical (unpaired) electrons.